The minimum absolute atomic E-state index is 0.645. The van der Waals surface area contributed by atoms with Gasteiger partial charge in [-0.15, -0.1) is 0 Å². The Morgan fingerprint density at radius 1 is 1.33 bits per heavy atom. The molecule has 0 bridgehead atoms. The molecule has 94 valence electrons. The van der Waals surface area contributed by atoms with Crippen LogP contribution < -0.4 is 4.90 Å². The van der Waals surface area contributed by atoms with Crippen LogP contribution in [-0.4, -0.2) is 17.6 Å². The van der Waals surface area contributed by atoms with Gasteiger partial charge in [0, 0.05) is 18.8 Å². The van der Waals surface area contributed by atoms with Crippen LogP contribution in [0, 0.1) is 23.2 Å². The highest BCUT2D eigenvalue weighted by atomic mass is 15.2. The molecule has 1 saturated heterocycles. The highest BCUT2D eigenvalue weighted by molar-refractivity contribution is 5.44. The summed E-state index contributed by atoms with van der Waals surface area (Å²) in [6.07, 6.45) is 7.10. The molecule has 0 spiro atoms. The van der Waals surface area contributed by atoms with E-state index in [0.29, 0.717) is 11.6 Å². The van der Waals surface area contributed by atoms with E-state index in [9.17, 15) is 0 Å². The molecule has 0 amide bonds. The second kappa shape index (κ2) is 4.61. The molecule has 3 rings (SSSR count). The molecule has 3 nitrogen and oxygen atoms in total. The number of nitriles is 1. The first-order valence-corrected chi connectivity index (χ1v) is 6.92. The van der Waals surface area contributed by atoms with Crippen molar-refractivity contribution in [2.45, 2.75) is 38.6 Å². The minimum atomic E-state index is 0.645. The summed E-state index contributed by atoms with van der Waals surface area (Å²) in [6.45, 7) is 3.49. The number of anilines is 1. The van der Waals surface area contributed by atoms with Crippen LogP contribution in [0.15, 0.2) is 18.3 Å². The molecule has 1 saturated carbocycles. The van der Waals surface area contributed by atoms with E-state index < -0.39 is 0 Å². The van der Waals surface area contributed by atoms with Gasteiger partial charge in [-0.2, -0.15) is 5.26 Å². The van der Waals surface area contributed by atoms with Crippen LogP contribution >= 0.6 is 0 Å². The van der Waals surface area contributed by atoms with Crippen LogP contribution in [0.4, 0.5) is 5.82 Å². The third kappa shape index (κ3) is 1.86. The molecule has 1 aliphatic heterocycles. The van der Waals surface area contributed by atoms with E-state index in [1.165, 1.54) is 25.7 Å². The van der Waals surface area contributed by atoms with Gasteiger partial charge in [0.25, 0.3) is 0 Å². The lowest BCUT2D eigenvalue weighted by Crippen LogP contribution is -2.35. The molecule has 0 N–H and O–H groups in total. The van der Waals surface area contributed by atoms with Crippen molar-refractivity contribution < 1.29 is 0 Å². The normalized spacial score (nSPS) is 30.9. The number of pyridine rings is 1. The van der Waals surface area contributed by atoms with Crippen molar-refractivity contribution in [3.63, 3.8) is 0 Å². The molecule has 2 fully saturated rings. The quantitative estimate of drug-likeness (QED) is 0.759. The van der Waals surface area contributed by atoms with E-state index >= 15 is 0 Å². The summed E-state index contributed by atoms with van der Waals surface area (Å²) in [5.74, 6) is 2.67. The van der Waals surface area contributed by atoms with E-state index in [0.717, 1.165) is 24.2 Å². The topological polar surface area (TPSA) is 39.9 Å². The Labute approximate surface area is 108 Å². The first-order chi connectivity index (χ1) is 8.79. The predicted octanol–water partition coefficient (Wildman–Crippen LogP) is 2.97. The molecule has 3 heteroatoms. The Kier molecular flexibility index (Phi) is 2.95. The van der Waals surface area contributed by atoms with E-state index in [1.807, 2.05) is 12.1 Å². The van der Waals surface area contributed by atoms with Crippen molar-refractivity contribution in [1.29, 1.82) is 5.26 Å². The van der Waals surface area contributed by atoms with Crippen molar-refractivity contribution in [2.24, 2.45) is 11.8 Å². The minimum Gasteiger partial charge on any atom is -0.353 e. The van der Waals surface area contributed by atoms with Crippen molar-refractivity contribution in [1.82, 2.24) is 4.98 Å². The first-order valence-electron chi connectivity index (χ1n) is 6.92. The second-order valence-corrected chi connectivity index (χ2v) is 5.66. The Hall–Kier alpha value is -1.56. The number of aromatic nitrogens is 1. The van der Waals surface area contributed by atoms with Crippen LogP contribution in [0.5, 0.6) is 0 Å². The summed E-state index contributed by atoms with van der Waals surface area (Å²) in [6, 6.07) is 6.68. The van der Waals surface area contributed by atoms with Crippen LogP contribution in [0.2, 0.25) is 0 Å². The molecule has 18 heavy (non-hydrogen) atoms. The molecule has 1 aromatic rings. The van der Waals surface area contributed by atoms with Crippen molar-refractivity contribution in [2.75, 3.05) is 11.4 Å². The zero-order chi connectivity index (χ0) is 12.5. The molecule has 3 unspecified atom stereocenters. The van der Waals surface area contributed by atoms with Gasteiger partial charge in [-0.3, -0.25) is 0 Å². The summed E-state index contributed by atoms with van der Waals surface area (Å²) in [7, 11) is 0. The van der Waals surface area contributed by atoms with Gasteiger partial charge >= 0.3 is 0 Å². The van der Waals surface area contributed by atoms with Gasteiger partial charge in [0.1, 0.15) is 11.9 Å². The average molecular weight is 241 g/mol. The Morgan fingerprint density at radius 3 is 2.89 bits per heavy atom. The van der Waals surface area contributed by atoms with Crippen molar-refractivity contribution >= 4 is 5.82 Å². The Morgan fingerprint density at radius 2 is 2.17 bits per heavy atom. The summed E-state index contributed by atoms with van der Waals surface area (Å²) < 4.78 is 0. The predicted molar refractivity (Wildman–Crippen MR) is 71.2 cm³/mol. The van der Waals surface area contributed by atoms with Gasteiger partial charge < -0.3 is 4.90 Å². The second-order valence-electron chi connectivity index (χ2n) is 5.66. The monoisotopic (exact) mass is 241 g/mol. The zero-order valence-electron chi connectivity index (χ0n) is 10.8. The number of hydrogen-bond acceptors (Lipinski definition) is 3. The van der Waals surface area contributed by atoms with Crippen molar-refractivity contribution in [3.05, 3.63) is 23.9 Å². The van der Waals surface area contributed by atoms with E-state index in [4.69, 9.17) is 5.26 Å². The fraction of sp³-hybridized carbons (Fsp3) is 0.600. The fourth-order valence-corrected chi connectivity index (χ4v) is 3.66. The van der Waals surface area contributed by atoms with E-state index in [2.05, 4.69) is 22.9 Å². The van der Waals surface area contributed by atoms with Crippen molar-refractivity contribution in [3.8, 4) is 6.07 Å². The third-order valence-corrected chi connectivity index (χ3v) is 4.57. The van der Waals surface area contributed by atoms with Gasteiger partial charge in [-0.1, -0.05) is 19.8 Å². The van der Waals surface area contributed by atoms with Gasteiger partial charge in [-0.25, -0.2) is 4.98 Å². The van der Waals surface area contributed by atoms with Gasteiger partial charge in [0.15, 0.2) is 0 Å². The maximum absolute atomic E-state index is 8.82. The summed E-state index contributed by atoms with van der Waals surface area (Å²) >= 11 is 0. The first kappa shape index (κ1) is 11.5. The molecule has 0 aromatic carbocycles. The number of nitrogens with zero attached hydrogens (tertiary/aromatic N) is 3. The average Bonchev–Trinajstić information content (AvgIpc) is 2.77. The zero-order valence-corrected chi connectivity index (χ0v) is 10.8. The highest BCUT2D eigenvalue weighted by Crippen LogP contribution is 2.41. The molecule has 2 aliphatic rings. The number of hydrogen-bond donors (Lipinski definition) is 0. The van der Waals surface area contributed by atoms with Crippen LogP contribution in [0.1, 0.15) is 38.2 Å². The van der Waals surface area contributed by atoms with Crippen LogP contribution in [-0.2, 0) is 0 Å². The lowest BCUT2D eigenvalue weighted by molar-refractivity contribution is 0.293. The highest BCUT2D eigenvalue weighted by Gasteiger charge is 2.40. The SMILES string of the molecule is CC1CN(c2ccc(C#N)cn2)C2CCCCC12. The molecule has 2 heterocycles. The third-order valence-electron chi connectivity index (χ3n) is 4.57. The van der Waals surface area contributed by atoms with E-state index in [-0.39, 0.29) is 0 Å². The van der Waals surface area contributed by atoms with Gasteiger partial charge in [-0.05, 0) is 36.8 Å². The smallest absolute Gasteiger partial charge is 0.128 e. The summed E-state index contributed by atoms with van der Waals surface area (Å²) in [4.78, 5) is 6.93. The molecular formula is C15H19N3. The molecular weight excluding hydrogens is 222 g/mol. The number of rotatable bonds is 1. The van der Waals surface area contributed by atoms with Gasteiger partial charge in [0.05, 0.1) is 5.56 Å². The maximum atomic E-state index is 8.82. The van der Waals surface area contributed by atoms with Gasteiger partial charge in [0.2, 0.25) is 0 Å². The maximum Gasteiger partial charge on any atom is 0.128 e. The van der Waals surface area contributed by atoms with Crippen LogP contribution in [0.3, 0.4) is 0 Å². The molecule has 1 aromatic heterocycles. The van der Waals surface area contributed by atoms with E-state index in [1.54, 1.807) is 6.20 Å². The Balaban J connectivity index is 1.85. The summed E-state index contributed by atoms with van der Waals surface area (Å²) in [5, 5.41) is 8.82. The molecule has 0 radical (unpaired) electrons. The summed E-state index contributed by atoms with van der Waals surface area (Å²) in [5.41, 5.74) is 0.645. The lowest BCUT2D eigenvalue weighted by atomic mass is 9.80. The lowest BCUT2D eigenvalue weighted by Gasteiger charge is -2.32. The fourth-order valence-electron chi connectivity index (χ4n) is 3.66. The Bertz CT molecular complexity index is 460. The number of fused-ring (bicyclic) bond motifs is 1. The largest absolute Gasteiger partial charge is 0.353 e. The van der Waals surface area contributed by atoms with Crippen LogP contribution in [0.25, 0.3) is 0 Å². The molecule has 1 aliphatic carbocycles. The molecule has 3 atom stereocenters. The standard InChI is InChI=1S/C15H19N3/c1-11-10-18(14-5-3-2-4-13(11)14)15-7-6-12(8-16)9-17-15/h6-7,9,11,13-14H,2-5,10H2,1H3.